The Morgan fingerprint density at radius 1 is 1.58 bits per heavy atom. The number of rotatable bonds is 1. The number of hydrogen-bond acceptors (Lipinski definition) is 3. The van der Waals surface area contributed by atoms with Gasteiger partial charge in [0, 0.05) is 24.8 Å². The lowest BCUT2D eigenvalue weighted by atomic mass is 10.3. The lowest BCUT2D eigenvalue weighted by molar-refractivity contribution is -0.131. The summed E-state index contributed by atoms with van der Waals surface area (Å²) in [6.45, 7) is 3.04. The molecule has 1 rings (SSSR count). The lowest BCUT2D eigenvalue weighted by Crippen LogP contribution is -2.09. The Labute approximate surface area is 69.2 Å². The van der Waals surface area contributed by atoms with Crippen LogP contribution in [0.5, 0.6) is 5.75 Å². The van der Waals surface area contributed by atoms with Crippen LogP contribution in [0.3, 0.4) is 0 Å². The average molecular weight is 167 g/mol. The molecule has 4 heteroatoms. The van der Waals surface area contributed by atoms with Gasteiger partial charge in [0.15, 0.2) is 0 Å². The van der Waals surface area contributed by atoms with E-state index >= 15 is 0 Å². The summed E-state index contributed by atoms with van der Waals surface area (Å²) in [7, 11) is 0. The molecule has 4 nitrogen and oxygen atoms in total. The highest BCUT2D eigenvalue weighted by Crippen LogP contribution is 2.12. The van der Waals surface area contributed by atoms with Crippen molar-refractivity contribution in [2.24, 2.45) is 0 Å². The molecule has 0 aliphatic rings. The molecule has 0 aliphatic carbocycles. The quantitative estimate of drug-likeness (QED) is 0.623. The van der Waals surface area contributed by atoms with Crippen molar-refractivity contribution in [3.63, 3.8) is 0 Å². The van der Waals surface area contributed by atoms with Crippen LogP contribution in [-0.2, 0) is 4.79 Å². The minimum Gasteiger partial charge on any atom is -0.426 e. The minimum atomic E-state index is -0.427. The van der Waals surface area contributed by atoms with Crippen molar-refractivity contribution >= 4 is 5.97 Å². The van der Waals surface area contributed by atoms with Gasteiger partial charge in [-0.25, -0.2) is 0 Å². The van der Waals surface area contributed by atoms with Gasteiger partial charge in [0.25, 0.3) is 5.56 Å². The standard InChI is InChI=1S/C8H9NO3/c1-5-4-9-8(11)3-7(5)12-6(2)10/h3-4H,1-2H3,(H,9,11). The predicted octanol–water partition coefficient (Wildman–Crippen LogP) is 0.609. The molecule has 0 fully saturated rings. The smallest absolute Gasteiger partial charge is 0.308 e. The molecule has 0 aliphatic heterocycles. The van der Waals surface area contributed by atoms with Crippen LogP contribution >= 0.6 is 0 Å². The van der Waals surface area contributed by atoms with E-state index in [2.05, 4.69) is 4.98 Å². The molecule has 0 saturated heterocycles. The molecular weight excluding hydrogens is 158 g/mol. The van der Waals surface area contributed by atoms with Gasteiger partial charge < -0.3 is 9.72 Å². The fraction of sp³-hybridized carbons (Fsp3) is 0.250. The molecule has 0 atom stereocenters. The number of H-pyrrole nitrogens is 1. The zero-order chi connectivity index (χ0) is 9.14. The highest BCUT2D eigenvalue weighted by Gasteiger charge is 2.02. The third-order valence-electron chi connectivity index (χ3n) is 1.34. The van der Waals surface area contributed by atoms with E-state index in [4.69, 9.17) is 4.74 Å². The van der Waals surface area contributed by atoms with Crippen molar-refractivity contribution < 1.29 is 9.53 Å². The van der Waals surface area contributed by atoms with Gasteiger partial charge in [-0.2, -0.15) is 0 Å². The zero-order valence-electron chi connectivity index (χ0n) is 6.88. The topological polar surface area (TPSA) is 59.2 Å². The molecular formula is C8H9NO3. The third kappa shape index (κ3) is 1.95. The van der Waals surface area contributed by atoms with Crippen LogP contribution in [-0.4, -0.2) is 11.0 Å². The molecule has 0 unspecified atom stereocenters. The summed E-state index contributed by atoms with van der Waals surface area (Å²) in [5.41, 5.74) is 0.446. The maximum absolute atomic E-state index is 10.8. The van der Waals surface area contributed by atoms with E-state index in [1.165, 1.54) is 19.2 Å². The molecule has 12 heavy (non-hydrogen) atoms. The summed E-state index contributed by atoms with van der Waals surface area (Å²) in [6.07, 6.45) is 1.50. The number of aromatic nitrogens is 1. The Morgan fingerprint density at radius 2 is 2.25 bits per heavy atom. The molecule has 0 radical (unpaired) electrons. The fourth-order valence-corrected chi connectivity index (χ4v) is 0.790. The normalized spacial score (nSPS) is 9.50. The van der Waals surface area contributed by atoms with Crippen molar-refractivity contribution in [3.8, 4) is 5.75 Å². The second-order valence-electron chi connectivity index (χ2n) is 2.44. The van der Waals surface area contributed by atoms with Crippen LogP contribution in [0, 0.1) is 6.92 Å². The van der Waals surface area contributed by atoms with Crippen LogP contribution < -0.4 is 10.3 Å². The second kappa shape index (κ2) is 3.21. The number of esters is 1. The van der Waals surface area contributed by atoms with E-state index in [0.29, 0.717) is 5.75 Å². The van der Waals surface area contributed by atoms with Gasteiger partial charge in [0.2, 0.25) is 0 Å². The van der Waals surface area contributed by atoms with E-state index in [9.17, 15) is 9.59 Å². The van der Waals surface area contributed by atoms with Crippen molar-refractivity contribution in [1.82, 2.24) is 4.98 Å². The number of carbonyl (C=O) groups is 1. The van der Waals surface area contributed by atoms with E-state index in [1.807, 2.05) is 0 Å². The fourth-order valence-electron chi connectivity index (χ4n) is 0.790. The summed E-state index contributed by atoms with van der Waals surface area (Å²) in [4.78, 5) is 23.8. The predicted molar refractivity (Wildman–Crippen MR) is 43.1 cm³/mol. The lowest BCUT2D eigenvalue weighted by Gasteiger charge is -2.02. The SMILES string of the molecule is CC(=O)Oc1cc(=O)[nH]cc1C. The first-order valence-electron chi connectivity index (χ1n) is 3.47. The van der Waals surface area contributed by atoms with Crippen LogP contribution in [0.2, 0.25) is 0 Å². The van der Waals surface area contributed by atoms with Gasteiger partial charge in [0.1, 0.15) is 5.75 Å². The van der Waals surface area contributed by atoms with E-state index in [1.54, 1.807) is 6.92 Å². The number of pyridine rings is 1. The Kier molecular flexibility index (Phi) is 2.28. The zero-order valence-corrected chi connectivity index (χ0v) is 6.88. The first-order valence-corrected chi connectivity index (χ1v) is 3.47. The Balaban J connectivity index is 3.05. The van der Waals surface area contributed by atoms with Gasteiger partial charge in [-0.1, -0.05) is 0 Å². The van der Waals surface area contributed by atoms with Crippen molar-refractivity contribution in [2.75, 3.05) is 0 Å². The molecule has 64 valence electrons. The number of ether oxygens (including phenoxy) is 1. The van der Waals surface area contributed by atoms with Crippen molar-refractivity contribution in [3.05, 3.63) is 28.2 Å². The first kappa shape index (κ1) is 8.52. The van der Waals surface area contributed by atoms with Gasteiger partial charge in [-0.3, -0.25) is 9.59 Å². The average Bonchev–Trinajstić information content (AvgIpc) is 1.96. The summed E-state index contributed by atoms with van der Waals surface area (Å²) >= 11 is 0. The molecule has 1 aromatic heterocycles. The first-order chi connectivity index (χ1) is 5.59. The summed E-state index contributed by atoms with van der Waals surface area (Å²) in [5.74, 6) is -0.116. The molecule has 1 heterocycles. The largest absolute Gasteiger partial charge is 0.426 e. The monoisotopic (exact) mass is 167 g/mol. The van der Waals surface area contributed by atoms with Crippen LogP contribution in [0.25, 0.3) is 0 Å². The molecule has 0 amide bonds. The van der Waals surface area contributed by atoms with Gasteiger partial charge in [0.05, 0.1) is 0 Å². The van der Waals surface area contributed by atoms with Crippen LogP contribution in [0.15, 0.2) is 17.1 Å². The molecule has 0 bridgehead atoms. The maximum atomic E-state index is 10.8. The summed E-state index contributed by atoms with van der Waals surface area (Å²) < 4.78 is 4.77. The van der Waals surface area contributed by atoms with Crippen LogP contribution in [0.4, 0.5) is 0 Å². The Bertz CT molecular complexity index is 354. The van der Waals surface area contributed by atoms with Crippen molar-refractivity contribution in [1.29, 1.82) is 0 Å². The highest BCUT2D eigenvalue weighted by molar-refractivity contribution is 5.69. The van der Waals surface area contributed by atoms with Gasteiger partial charge in [-0.05, 0) is 6.92 Å². The number of aryl methyl sites for hydroxylation is 1. The van der Waals surface area contributed by atoms with E-state index in [0.717, 1.165) is 5.56 Å². The maximum Gasteiger partial charge on any atom is 0.308 e. The Morgan fingerprint density at radius 3 is 2.83 bits per heavy atom. The van der Waals surface area contributed by atoms with E-state index in [-0.39, 0.29) is 5.56 Å². The van der Waals surface area contributed by atoms with E-state index < -0.39 is 5.97 Å². The number of hydrogen-bond donors (Lipinski definition) is 1. The summed E-state index contributed by atoms with van der Waals surface area (Å²) in [6, 6.07) is 1.25. The molecule has 0 spiro atoms. The number of aromatic amines is 1. The second-order valence-corrected chi connectivity index (χ2v) is 2.44. The molecule has 1 aromatic rings. The third-order valence-corrected chi connectivity index (χ3v) is 1.34. The Hall–Kier alpha value is -1.58. The molecule has 0 aromatic carbocycles. The molecule has 1 N–H and O–H groups in total. The number of carbonyl (C=O) groups excluding carboxylic acids is 1. The highest BCUT2D eigenvalue weighted by atomic mass is 16.5. The van der Waals surface area contributed by atoms with Crippen LogP contribution in [0.1, 0.15) is 12.5 Å². The number of nitrogens with one attached hydrogen (secondary N) is 1. The minimum absolute atomic E-state index is 0.281. The molecule has 0 saturated carbocycles. The van der Waals surface area contributed by atoms with Gasteiger partial charge >= 0.3 is 5.97 Å². The summed E-state index contributed by atoms with van der Waals surface area (Å²) in [5, 5.41) is 0. The van der Waals surface area contributed by atoms with Crippen molar-refractivity contribution in [2.45, 2.75) is 13.8 Å². The van der Waals surface area contributed by atoms with Gasteiger partial charge in [-0.15, -0.1) is 0 Å².